The van der Waals surface area contributed by atoms with Crippen LogP contribution in [-0.2, 0) is 6.54 Å². The van der Waals surface area contributed by atoms with Crippen molar-refractivity contribution in [1.82, 2.24) is 9.55 Å². The molecule has 0 unspecified atom stereocenters. The smallest absolute Gasteiger partial charge is 0.0994 e. The second kappa shape index (κ2) is 4.16. The van der Waals surface area contributed by atoms with Gasteiger partial charge in [0.15, 0.2) is 0 Å². The van der Waals surface area contributed by atoms with E-state index in [0.717, 1.165) is 15.9 Å². The first kappa shape index (κ1) is 10.4. The Balaban J connectivity index is 2.54. The maximum absolute atomic E-state index is 5.64. The molecule has 0 aliphatic carbocycles. The van der Waals surface area contributed by atoms with Gasteiger partial charge in [0.2, 0.25) is 0 Å². The molecule has 78 valence electrons. The number of halogens is 1. The monoisotopic (exact) mass is 265 g/mol. The van der Waals surface area contributed by atoms with E-state index in [9.17, 15) is 0 Å². The van der Waals surface area contributed by atoms with Gasteiger partial charge in [-0.25, -0.2) is 4.98 Å². The van der Waals surface area contributed by atoms with E-state index in [4.69, 9.17) is 5.73 Å². The van der Waals surface area contributed by atoms with Gasteiger partial charge < -0.3 is 10.3 Å². The summed E-state index contributed by atoms with van der Waals surface area (Å²) in [5.74, 6) is 0. The zero-order valence-corrected chi connectivity index (χ0v) is 10.0. The van der Waals surface area contributed by atoms with E-state index in [2.05, 4.69) is 40.0 Å². The van der Waals surface area contributed by atoms with Crippen molar-refractivity contribution in [1.29, 1.82) is 0 Å². The normalized spacial score (nSPS) is 10.6. The van der Waals surface area contributed by atoms with Crippen molar-refractivity contribution in [2.24, 2.45) is 5.73 Å². The molecule has 0 radical (unpaired) electrons. The van der Waals surface area contributed by atoms with E-state index >= 15 is 0 Å². The summed E-state index contributed by atoms with van der Waals surface area (Å²) in [5.41, 5.74) is 8.97. The van der Waals surface area contributed by atoms with E-state index in [1.165, 1.54) is 5.56 Å². The maximum atomic E-state index is 5.64. The van der Waals surface area contributed by atoms with Crippen molar-refractivity contribution in [2.45, 2.75) is 13.5 Å². The molecule has 2 N–H and O–H groups in total. The lowest BCUT2D eigenvalue weighted by atomic mass is 10.2. The number of rotatable bonds is 2. The Hall–Kier alpha value is -1.13. The predicted octanol–water partition coefficient (Wildman–Crippen LogP) is 2.40. The van der Waals surface area contributed by atoms with Gasteiger partial charge in [0.05, 0.1) is 12.0 Å². The Morgan fingerprint density at radius 1 is 1.47 bits per heavy atom. The summed E-state index contributed by atoms with van der Waals surface area (Å²) in [6, 6.07) is 6.15. The Morgan fingerprint density at radius 2 is 2.27 bits per heavy atom. The molecule has 0 saturated carbocycles. The Labute approximate surface area is 97.1 Å². The van der Waals surface area contributed by atoms with Gasteiger partial charge in [-0.1, -0.05) is 15.9 Å². The van der Waals surface area contributed by atoms with E-state index in [0.29, 0.717) is 6.54 Å². The fourth-order valence-corrected chi connectivity index (χ4v) is 2.06. The summed E-state index contributed by atoms with van der Waals surface area (Å²) in [7, 11) is 0. The summed E-state index contributed by atoms with van der Waals surface area (Å²) < 4.78 is 3.10. The zero-order valence-electron chi connectivity index (χ0n) is 8.44. The number of hydrogen-bond donors (Lipinski definition) is 1. The van der Waals surface area contributed by atoms with Gasteiger partial charge >= 0.3 is 0 Å². The average Bonchev–Trinajstić information content (AvgIpc) is 2.65. The zero-order chi connectivity index (χ0) is 10.8. The molecule has 2 rings (SSSR count). The molecule has 0 aliphatic rings. The second-order valence-electron chi connectivity index (χ2n) is 3.39. The standard InChI is InChI=1S/C11H12BrN3/c1-8-4-9(12)2-3-11(8)15-7-14-6-10(15)5-13/h2-4,6-7H,5,13H2,1H3. The summed E-state index contributed by atoms with van der Waals surface area (Å²) in [4.78, 5) is 4.10. The van der Waals surface area contributed by atoms with Gasteiger partial charge in [0, 0.05) is 22.9 Å². The lowest BCUT2D eigenvalue weighted by Gasteiger charge is -2.10. The number of nitrogens with two attached hydrogens (primary N) is 1. The lowest BCUT2D eigenvalue weighted by molar-refractivity contribution is 0.904. The van der Waals surface area contributed by atoms with E-state index in [1.54, 1.807) is 12.5 Å². The molecular formula is C11H12BrN3. The molecule has 15 heavy (non-hydrogen) atoms. The molecule has 4 heteroatoms. The van der Waals surface area contributed by atoms with E-state index in [1.807, 2.05) is 10.6 Å². The number of aromatic nitrogens is 2. The highest BCUT2D eigenvalue weighted by Gasteiger charge is 2.05. The highest BCUT2D eigenvalue weighted by atomic mass is 79.9. The van der Waals surface area contributed by atoms with Gasteiger partial charge in [0.25, 0.3) is 0 Å². The summed E-state index contributed by atoms with van der Waals surface area (Å²) >= 11 is 3.45. The van der Waals surface area contributed by atoms with Crippen molar-refractivity contribution in [3.8, 4) is 5.69 Å². The summed E-state index contributed by atoms with van der Waals surface area (Å²) in [6.07, 6.45) is 3.58. The first-order valence-corrected chi connectivity index (χ1v) is 5.49. The van der Waals surface area contributed by atoms with Crippen molar-refractivity contribution >= 4 is 15.9 Å². The largest absolute Gasteiger partial charge is 0.325 e. The van der Waals surface area contributed by atoms with Gasteiger partial charge in [-0.3, -0.25) is 0 Å². The molecule has 1 aromatic heterocycles. The van der Waals surface area contributed by atoms with Crippen molar-refractivity contribution < 1.29 is 0 Å². The minimum absolute atomic E-state index is 0.496. The van der Waals surface area contributed by atoms with E-state index < -0.39 is 0 Å². The van der Waals surface area contributed by atoms with Crippen molar-refractivity contribution in [3.63, 3.8) is 0 Å². The molecule has 0 aliphatic heterocycles. The molecule has 3 nitrogen and oxygen atoms in total. The molecule has 0 fully saturated rings. The predicted molar refractivity (Wildman–Crippen MR) is 63.9 cm³/mol. The molecule has 0 amide bonds. The van der Waals surface area contributed by atoms with Crippen molar-refractivity contribution in [3.05, 3.63) is 46.5 Å². The quantitative estimate of drug-likeness (QED) is 0.907. The van der Waals surface area contributed by atoms with Crippen LogP contribution in [0, 0.1) is 6.92 Å². The SMILES string of the molecule is Cc1cc(Br)ccc1-n1cncc1CN. The molecular weight excluding hydrogens is 254 g/mol. The van der Waals surface area contributed by atoms with Crippen LogP contribution in [0.15, 0.2) is 35.2 Å². The maximum Gasteiger partial charge on any atom is 0.0994 e. The first-order valence-electron chi connectivity index (χ1n) is 4.70. The van der Waals surface area contributed by atoms with Crippen molar-refractivity contribution in [2.75, 3.05) is 0 Å². The van der Waals surface area contributed by atoms with Crippen LogP contribution in [-0.4, -0.2) is 9.55 Å². The molecule has 0 atom stereocenters. The van der Waals surface area contributed by atoms with Crippen LogP contribution in [0.2, 0.25) is 0 Å². The number of imidazole rings is 1. The van der Waals surface area contributed by atoms with E-state index in [-0.39, 0.29) is 0 Å². The summed E-state index contributed by atoms with van der Waals surface area (Å²) in [5, 5.41) is 0. The average molecular weight is 266 g/mol. The van der Waals surface area contributed by atoms with Gasteiger partial charge in [0.1, 0.15) is 0 Å². The van der Waals surface area contributed by atoms with Crippen LogP contribution >= 0.6 is 15.9 Å². The Bertz CT molecular complexity index is 476. The third kappa shape index (κ3) is 1.96. The van der Waals surface area contributed by atoms with Gasteiger partial charge in [-0.15, -0.1) is 0 Å². The summed E-state index contributed by atoms with van der Waals surface area (Å²) in [6.45, 7) is 2.57. The van der Waals surface area contributed by atoms with Crippen LogP contribution in [0.25, 0.3) is 5.69 Å². The third-order valence-corrected chi connectivity index (χ3v) is 2.84. The van der Waals surface area contributed by atoms with Crippen LogP contribution < -0.4 is 5.73 Å². The Kier molecular flexibility index (Phi) is 2.88. The van der Waals surface area contributed by atoms with Crippen LogP contribution in [0.3, 0.4) is 0 Å². The van der Waals surface area contributed by atoms with Crippen LogP contribution in [0.5, 0.6) is 0 Å². The Morgan fingerprint density at radius 3 is 2.93 bits per heavy atom. The lowest BCUT2D eigenvalue weighted by Crippen LogP contribution is -2.05. The molecule has 0 saturated heterocycles. The molecule has 1 aromatic carbocycles. The first-order chi connectivity index (χ1) is 7.22. The fourth-order valence-electron chi connectivity index (χ4n) is 1.58. The molecule has 0 bridgehead atoms. The van der Waals surface area contributed by atoms with Gasteiger partial charge in [-0.2, -0.15) is 0 Å². The third-order valence-electron chi connectivity index (χ3n) is 2.34. The molecule has 1 heterocycles. The van der Waals surface area contributed by atoms with Crippen LogP contribution in [0.4, 0.5) is 0 Å². The number of aryl methyl sites for hydroxylation is 1. The highest BCUT2D eigenvalue weighted by molar-refractivity contribution is 9.10. The minimum Gasteiger partial charge on any atom is -0.325 e. The second-order valence-corrected chi connectivity index (χ2v) is 4.31. The number of benzene rings is 1. The van der Waals surface area contributed by atoms with Crippen LogP contribution in [0.1, 0.15) is 11.3 Å². The molecule has 0 spiro atoms. The molecule has 2 aromatic rings. The van der Waals surface area contributed by atoms with Gasteiger partial charge in [-0.05, 0) is 30.7 Å². The topological polar surface area (TPSA) is 43.8 Å². The highest BCUT2D eigenvalue weighted by Crippen LogP contribution is 2.20. The fraction of sp³-hybridized carbons (Fsp3) is 0.182. The minimum atomic E-state index is 0.496. The number of hydrogen-bond acceptors (Lipinski definition) is 2. The number of nitrogens with zero attached hydrogens (tertiary/aromatic N) is 2.